The second-order valence-corrected chi connectivity index (χ2v) is 4.40. The first kappa shape index (κ1) is 13.3. The fourth-order valence-corrected chi connectivity index (χ4v) is 2.02. The highest BCUT2D eigenvalue weighted by Gasteiger charge is 2.09. The van der Waals surface area contributed by atoms with E-state index in [2.05, 4.69) is 41.3 Å². The van der Waals surface area contributed by atoms with E-state index in [9.17, 15) is 0 Å². The number of ether oxygens (including phenoxy) is 1. The average Bonchev–Trinajstić information content (AvgIpc) is 2.40. The predicted octanol–water partition coefficient (Wildman–Crippen LogP) is 3.36. The lowest BCUT2D eigenvalue weighted by atomic mass is 10.0. The van der Waals surface area contributed by atoms with E-state index < -0.39 is 0 Å². The van der Waals surface area contributed by atoms with Crippen LogP contribution >= 0.6 is 0 Å². The van der Waals surface area contributed by atoms with Gasteiger partial charge in [-0.1, -0.05) is 24.3 Å². The van der Waals surface area contributed by atoms with Crippen molar-refractivity contribution >= 4 is 5.82 Å². The van der Waals surface area contributed by atoms with E-state index in [1.165, 1.54) is 17.5 Å². The third kappa shape index (κ3) is 3.44. The third-order valence-electron chi connectivity index (χ3n) is 2.95. The molecule has 2 rings (SSSR count). The highest BCUT2D eigenvalue weighted by atomic mass is 16.5. The predicted molar refractivity (Wildman–Crippen MR) is 76.4 cm³/mol. The number of nitrogens with one attached hydrogen (secondary N) is 1. The van der Waals surface area contributed by atoms with Gasteiger partial charge in [0.2, 0.25) is 5.88 Å². The van der Waals surface area contributed by atoms with E-state index in [-0.39, 0.29) is 6.04 Å². The van der Waals surface area contributed by atoms with Crippen molar-refractivity contribution in [1.29, 1.82) is 0 Å². The van der Waals surface area contributed by atoms with Gasteiger partial charge in [0.15, 0.2) is 0 Å². The number of anilines is 1. The van der Waals surface area contributed by atoms with Crippen LogP contribution in [-0.4, -0.2) is 16.6 Å². The molecule has 1 heterocycles. The van der Waals surface area contributed by atoms with Crippen LogP contribution in [0.15, 0.2) is 36.7 Å². The fraction of sp³-hybridized carbons (Fsp3) is 0.333. The maximum atomic E-state index is 5.37. The van der Waals surface area contributed by atoms with Gasteiger partial charge in [0.05, 0.1) is 12.6 Å². The Balaban J connectivity index is 2.12. The van der Waals surface area contributed by atoms with Crippen molar-refractivity contribution in [2.24, 2.45) is 0 Å². The zero-order chi connectivity index (χ0) is 13.7. The van der Waals surface area contributed by atoms with Gasteiger partial charge in [0, 0.05) is 6.07 Å². The maximum Gasteiger partial charge on any atom is 0.218 e. The molecule has 4 heteroatoms. The number of hydrogen-bond donors (Lipinski definition) is 1. The summed E-state index contributed by atoms with van der Waals surface area (Å²) in [7, 11) is 0. The summed E-state index contributed by atoms with van der Waals surface area (Å²) < 4.78 is 5.37. The molecule has 0 aliphatic carbocycles. The van der Waals surface area contributed by atoms with Gasteiger partial charge in [-0.05, 0) is 31.9 Å². The fourth-order valence-electron chi connectivity index (χ4n) is 2.02. The number of aromatic nitrogens is 2. The highest BCUT2D eigenvalue weighted by Crippen LogP contribution is 2.21. The minimum Gasteiger partial charge on any atom is -0.478 e. The lowest BCUT2D eigenvalue weighted by Crippen LogP contribution is -2.09. The van der Waals surface area contributed by atoms with Crippen LogP contribution in [0, 0.1) is 6.92 Å². The SMILES string of the molecule is CCOc1cc(NC(C)c2ccccc2C)ncn1. The molecule has 19 heavy (non-hydrogen) atoms. The summed E-state index contributed by atoms with van der Waals surface area (Å²) >= 11 is 0. The molecule has 1 aromatic heterocycles. The van der Waals surface area contributed by atoms with E-state index in [4.69, 9.17) is 4.74 Å². The Kier molecular flexibility index (Phi) is 4.34. The van der Waals surface area contributed by atoms with E-state index in [1.807, 2.05) is 25.1 Å². The van der Waals surface area contributed by atoms with Crippen LogP contribution in [0.4, 0.5) is 5.82 Å². The Morgan fingerprint density at radius 1 is 1.26 bits per heavy atom. The summed E-state index contributed by atoms with van der Waals surface area (Å²) in [5.74, 6) is 1.37. The van der Waals surface area contributed by atoms with Crippen LogP contribution in [0.1, 0.15) is 31.0 Å². The van der Waals surface area contributed by atoms with Gasteiger partial charge in [-0.15, -0.1) is 0 Å². The van der Waals surface area contributed by atoms with Gasteiger partial charge in [0.1, 0.15) is 12.1 Å². The molecule has 1 unspecified atom stereocenters. The van der Waals surface area contributed by atoms with E-state index in [1.54, 1.807) is 0 Å². The number of nitrogens with zero attached hydrogens (tertiary/aromatic N) is 2. The molecule has 1 atom stereocenters. The van der Waals surface area contributed by atoms with Crippen molar-refractivity contribution in [2.75, 3.05) is 11.9 Å². The molecule has 0 radical (unpaired) electrons. The highest BCUT2D eigenvalue weighted by molar-refractivity contribution is 5.41. The van der Waals surface area contributed by atoms with E-state index in [0.29, 0.717) is 12.5 Å². The number of hydrogen-bond acceptors (Lipinski definition) is 4. The van der Waals surface area contributed by atoms with E-state index >= 15 is 0 Å². The Labute approximate surface area is 113 Å². The van der Waals surface area contributed by atoms with Gasteiger partial charge < -0.3 is 10.1 Å². The minimum absolute atomic E-state index is 0.186. The first-order valence-electron chi connectivity index (χ1n) is 6.47. The van der Waals surface area contributed by atoms with Gasteiger partial charge in [-0.25, -0.2) is 9.97 Å². The first-order chi connectivity index (χ1) is 9.20. The van der Waals surface area contributed by atoms with Crippen LogP contribution in [-0.2, 0) is 0 Å². The van der Waals surface area contributed by atoms with E-state index in [0.717, 1.165) is 5.82 Å². The monoisotopic (exact) mass is 257 g/mol. The first-order valence-corrected chi connectivity index (χ1v) is 6.47. The summed E-state index contributed by atoms with van der Waals surface area (Å²) in [6, 6.07) is 10.3. The smallest absolute Gasteiger partial charge is 0.218 e. The standard InChI is InChI=1S/C15H19N3O/c1-4-19-15-9-14(16-10-17-15)18-12(3)13-8-6-5-7-11(13)2/h5-10,12H,4H2,1-3H3,(H,16,17,18). The summed E-state index contributed by atoms with van der Waals surface area (Å²) in [6.07, 6.45) is 1.51. The van der Waals surface area contributed by atoms with Crippen LogP contribution in [0.25, 0.3) is 0 Å². The van der Waals surface area contributed by atoms with Gasteiger partial charge in [0.25, 0.3) is 0 Å². The van der Waals surface area contributed by atoms with Crippen molar-refractivity contribution in [3.8, 4) is 5.88 Å². The van der Waals surface area contributed by atoms with Crippen molar-refractivity contribution in [1.82, 2.24) is 9.97 Å². The Bertz CT molecular complexity index is 542. The molecule has 0 amide bonds. The molecule has 0 aliphatic rings. The molecular weight excluding hydrogens is 238 g/mol. The molecule has 0 spiro atoms. The molecule has 100 valence electrons. The Morgan fingerprint density at radius 2 is 2.05 bits per heavy atom. The second kappa shape index (κ2) is 6.18. The van der Waals surface area contributed by atoms with Crippen molar-refractivity contribution in [3.63, 3.8) is 0 Å². The Morgan fingerprint density at radius 3 is 2.79 bits per heavy atom. The van der Waals surface area contributed by atoms with Crippen LogP contribution in [0.3, 0.4) is 0 Å². The molecule has 0 aliphatic heterocycles. The second-order valence-electron chi connectivity index (χ2n) is 4.40. The molecule has 1 aromatic carbocycles. The topological polar surface area (TPSA) is 47.0 Å². The van der Waals surface area contributed by atoms with Crippen molar-refractivity contribution in [2.45, 2.75) is 26.8 Å². The minimum atomic E-state index is 0.186. The summed E-state index contributed by atoms with van der Waals surface area (Å²) in [6.45, 7) is 6.76. The quantitative estimate of drug-likeness (QED) is 0.892. The molecule has 1 N–H and O–H groups in total. The Hall–Kier alpha value is -2.10. The van der Waals surface area contributed by atoms with Crippen molar-refractivity contribution < 1.29 is 4.74 Å². The number of rotatable bonds is 5. The van der Waals surface area contributed by atoms with Crippen LogP contribution < -0.4 is 10.1 Å². The lowest BCUT2D eigenvalue weighted by Gasteiger charge is -2.17. The van der Waals surface area contributed by atoms with Gasteiger partial charge in [-0.2, -0.15) is 0 Å². The molecular formula is C15H19N3O. The lowest BCUT2D eigenvalue weighted by molar-refractivity contribution is 0.326. The molecule has 0 fully saturated rings. The zero-order valence-corrected chi connectivity index (χ0v) is 11.6. The summed E-state index contributed by atoms with van der Waals surface area (Å²) in [5, 5.41) is 3.37. The molecule has 0 bridgehead atoms. The molecule has 0 saturated heterocycles. The number of aryl methyl sites for hydroxylation is 1. The molecule has 0 saturated carbocycles. The summed E-state index contributed by atoms with van der Waals surface area (Å²) in [5.41, 5.74) is 2.53. The normalized spacial score (nSPS) is 11.9. The van der Waals surface area contributed by atoms with Gasteiger partial charge >= 0.3 is 0 Å². The van der Waals surface area contributed by atoms with Gasteiger partial charge in [-0.3, -0.25) is 0 Å². The largest absolute Gasteiger partial charge is 0.478 e. The zero-order valence-electron chi connectivity index (χ0n) is 11.6. The molecule has 4 nitrogen and oxygen atoms in total. The average molecular weight is 257 g/mol. The summed E-state index contributed by atoms with van der Waals surface area (Å²) in [4.78, 5) is 8.27. The van der Waals surface area contributed by atoms with Crippen LogP contribution in [0.5, 0.6) is 5.88 Å². The maximum absolute atomic E-state index is 5.37. The van der Waals surface area contributed by atoms with Crippen molar-refractivity contribution in [3.05, 3.63) is 47.8 Å². The third-order valence-corrected chi connectivity index (χ3v) is 2.95. The molecule has 2 aromatic rings. The van der Waals surface area contributed by atoms with Crippen LogP contribution in [0.2, 0.25) is 0 Å². The number of benzene rings is 1.